The molecule has 0 atom stereocenters. The minimum absolute atomic E-state index is 0.533. The van der Waals surface area contributed by atoms with Crippen molar-refractivity contribution in [2.45, 2.75) is 0 Å². The van der Waals surface area contributed by atoms with Crippen LogP contribution in [0.1, 0.15) is 0 Å². The van der Waals surface area contributed by atoms with Crippen LogP contribution in [0.3, 0.4) is 0 Å². The predicted molar refractivity (Wildman–Crippen MR) is 69.0 cm³/mol. The van der Waals surface area contributed by atoms with Crippen LogP contribution in [0.4, 0.5) is 5.82 Å². The summed E-state index contributed by atoms with van der Waals surface area (Å²) in [6.07, 6.45) is 4.12. The molecule has 0 spiro atoms. The zero-order valence-electron chi connectivity index (χ0n) is 9.42. The van der Waals surface area contributed by atoms with Gasteiger partial charge in [0, 0.05) is 22.7 Å². The molecule has 0 aliphatic rings. The van der Waals surface area contributed by atoms with E-state index in [4.69, 9.17) is 0 Å². The topological polar surface area (TPSA) is 70.7 Å². The highest BCUT2D eigenvalue weighted by molar-refractivity contribution is 5.93. The van der Waals surface area contributed by atoms with Crippen molar-refractivity contribution in [3.05, 3.63) is 42.7 Å². The Bertz CT molecular complexity index is 688. The fourth-order valence-corrected chi connectivity index (χ4v) is 1.91. The molecule has 2 heterocycles. The van der Waals surface area contributed by atoms with Gasteiger partial charge in [0.2, 0.25) is 6.41 Å². The van der Waals surface area contributed by atoms with E-state index in [9.17, 15) is 4.79 Å². The molecule has 3 aromatic rings. The Morgan fingerprint density at radius 2 is 2.11 bits per heavy atom. The van der Waals surface area contributed by atoms with Crippen molar-refractivity contribution in [3.8, 4) is 11.1 Å². The third-order valence-electron chi connectivity index (χ3n) is 2.76. The largest absolute Gasteiger partial charge is 0.313 e. The molecule has 0 bridgehead atoms. The van der Waals surface area contributed by atoms with Gasteiger partial charge in [-0.2, -0.15) is 5.10 Å². The molecular weight excluding hydrogens is 228 g/mol. The van der Waals surface area contributed by atoms with Gasteiger partial charge in [-0.3, -0.25) is 9.89 Å². The van der Waals surface area contributed by atoms with Gasteiger partial charge in [-0.05, 0) is 12.1 Å². The second-order valence-electron chi connectivity index (χ2n) is 3.83. The number of rotatable bonds is 3. The Labute approximate surface area is 103 Å². The number of H-pyrrole nitrogens is 1. The summed E-state index contributed by atoms with van der Waals surface area (Å²) < 4.78 is 0. The van der Waals surface area contributed by atoms with Crippen LogP contribution in [0.2, 0.25) is 0 Å². The first kappa shape index (κ1) is 10.5. The van der Waals surface area contributed by atoms with E-state index in [1.165, 1.54) is 0 Å². The number of benzene rings is 1. The SMILES string of the molecule is O=CNc1ccc(-c2cccc3cn[nH]c23)cn1. The second-order valence-corrected chi connectivity index (χ2v) is 3.83. The first-order valence-electron chi connectivity index (χ1n) is 5.47. The molecule has 18 heavy (non-hydrogen) atoms. The maximum Gasteiger partial charge on any atom is 0.212 e. The van der Waals surface area contributed by atoms with Gasteiger partial charge in [-0.15, -0.1) is 0 Å². The van der Waals surface area contributed by atoms with Crippen LogP contribution in [-0.4, -0.2) is 21.6 Å². The number of aromatic amines is 1. The third-order valence-corrected chi connectivity index (χ3v) is 2.76. The fourth-order valence-electron chi connectivity index (χ4n) is 1.91. The van der Waals surface area contributed by atoms with Crippen molar-refractivity contribution in [1.82, 2.24) is 15.2 Å². The quantitative estimate of drug-likeness (QED) is 0.687. The van der Waals surface area contributed by atoms with Gasteiger partial charge in [0.25, 0.3) is 0 Å². The minimum Gasteiger partial charge on any atom is -0.313 e. The van der Waals surface area contributed by atoms with Crippen LogP contribution in [0.5, 0.6) is 0 Å². The normalized spacial score (nSPS) is 10.4. The minimum atomic E-state index is 0.533. The molecule has 0 aliphatic carbocycles. The Morgan fingerprint density at radius 1 is 1.17 bits per heavy atom. The van der Waals surface area contributed by atoms with Gasteiger partial charge < -0.3 is 5.32 Å². The average Bonchev–Trinajstić information content (AvgIpc) is 2.88. The van der Waals surface area contributed by atoms with E-state index in [1.54, 1.807) is 18.5 Å². The fraction of sp³-hybridized carbons (Fsp3) is 0. The van der Waals surface area contributed by atoms with E-state index in [0.717, 1.165) is 22.0 Å². The van der Waals surface area contributed by atoms with E-state index in [1.807, 2.05) is 24.3 Å². The average molecular weight is 238 g/mol. The number of pyridine rings is 1. The van der Waals surface area contributed by atoms with E-state index < -0.39 is 0 Å². The molecule has 1 amide bonds. The Balaban J connectivity index is 2.08. The number of aromatic nitrogens is 3. The van der Waals surface area contributed by atoms with Gasteiger partial charge in [-0.1, -0.05) is 18.2 Å². The number of amides is 1. The molecule has 5 nitrogen and oxygen atoms in total. The monoisotopic (exact) mass is 238 g/mol. The molecule has 2 N–H and O–H groups in total. The van der Waals surface area contributed by atoms with Crippen LogP contribution in [-0.2, 0) is 4.79 Å². The van der Waals surface area contributed by atoms with Crippen molar-refractivity contribution in [1.29, 1.82) is 0 Å². The van der Waals surface area contributed by atoms with Crippen molar-refractivity contribution in [3.63, 3.8) is 0 Å². The summed E-state index contributed by atoms with van der Waals surface area (Å²) in [7, 11) is 0. The van der Waals surface area contributed by atoms with Crippen molar-refractivity contribution < 1.29 is 4.79 Å². The molecule has 3 rings (SSSR count). The number of nitrogens with one attached hydrogen (secondary N) is 2. The van der Waals surface area contributed by atoms with Crippen LogP contribution in [0.15, 0.2) is 42.7 Å². The number of anilines is 1. The molecule has 0 saturated heterocycles. The number of carbonyl (C=O) groups excluding carboxylic acids is 1. The summed E-state index contributed by atoms with van der Waals surface area (Å²) in [6, 6.07) is 9.65. The molecule has 0 unspecified atom stereocenters. The lowest BCUT2D eigenvalue weighted by Gasteiger charge is -2.04. The number of carbonyl (C=O) groups is 1. The molecule has 0 aliphatic heterocycles. The first-order chi connectivity index (χ1) is 8.88. The molecule has 0 radical (unpaired) electrons. The summed E-state index contributed by atoms with van der Waals surface area (Å²) in [5, 5.41) is 10.6. The first-order valence-corrected chi connectivity index (χ1v) is 5.47. The second kappa shape index (κ2) is 4.29. The van der Waals surface area contributed by atoms with E-state index in [0.29, 0.717) is 12.2 Å². The highest BCUT2D eigenvalue weighted by atomic mass is 16.1. The van der Waals surface area contributed by atoms with Crippen molar-refractivity contribution in [2.24, 2.45) is 0 Å². The molecule has 0 fully saturated rings. The number of hydrogen-bond acceptors (Lipinski definition) is 3. The van der Waals surface area contributed by atoms with Gasteiger partial charge in [0.05, 0.1) is 11.7 Å². The summed E-state index contributed by atoms with van der Waals surface area (Å²) >= 11 is 0. The number of nitrogens with zero attached hydrogens (tertiary/aromatic N) is 2. The molecule has 2 aromatic heterocycles. The smallest absolute Gasteiger partial charge is 0.212 e. The van der Waals surface area contributed by atoms with Gasteiger partial charge in [0.1, 0.15) is 5.82 Å². The lowest BCUT2D eigenvalue weighted by molar-refractivity contribution is -0.105. The maximum absolute atomic E-state index is 10.3. The highest BCUT2D eigenvalue weighted by Gasteiger charge is 2.05. The zero-order chi connectivity index (χ0) is 12.4. The summed E-state index contributed by atoms with van der Waals surface area (Å²) in [5.41, 5.74) is 2.99. The summed E-state index contributed by atoms with van der Waals surface area (Å²) in [5.74, 6) is 0.533. The van der Waals surface area contributed by atoms with Crippen molar-refractivity contribution >= 4 is 23.1 Å². The maximum atomic E-state index is 10.3. The number of para-hydroxylation sites is 1. The van der Waals surface area contributed by atoms with E-state index >= 15 is 0 Å². The van der Waals surface area contributed by atoms with Crippen LogP contribution >= 0.6 is 0 Å². The van der Waals surface area contributed by atoms with Gasteiger partial charge >= 0.3 is 0 Å². The lowest BCUT2D eigenvalue weighted by Crippen LogP contribution is -1.96. The standard InChI is InChI=1S/C13H10N4O/c18-8-15-12-5-4-9(6-14-12)11-3-1-2-10-7-16-17-13(10)11/h1-8H,(H,16,17)(H,14,15,18). The summed E-state index contributed by atoms with van der Waals surface area (Å²) in [6.45, 7) is 0. The Kier molecular flexibility index (Phi) is 2.49. The number of hydrogen-bond donors (Lipinski definition) is 2. The molecule has 5 heteroatoms. The third kappa shape index (κ3) is 1.71. The molecular formula is C13H10N4O. The molecule has 88 valence electrons. The zero-order valence-corrected chi connectivity index (χ0v) is 9.42. The summed E-state index contributed by atoms with van der Waals surface area (Å²) in [4.78, 5) is 14.5. The Morgan fingerprint density at radius 3 is 2.89 bits per heavy atom. The lowest BCUT2D eigenvalue weighted by atomic mass is 10.1. The van der Waals surface area contributed by atoms with Crippen molar-refractivity contribution in [2.75, 3.05) is 5.32 Å². The van der Waals surface area contributed by atoms with E-state index in [2.05, 4.69) is 20.5 Å². The van der Waals surface area contributed by atoms with Crippen LogP contribution in [0, 0.1) is 0 Å². The highest BCUT2D eigenvalue weighted by Crippen LogP contribution is 2.26. The molecule has 0 saturated carbocycles. The van der Waals surface area contributed by atoms with Crippen LogP contribution in [0.25, 0.3) is 22.0 Å². The number of fused-ring (bicyclic) bond motifs is 1. The van der Waals surface area contributed by atoms with E-state index in [-0.39, 0.29) is 0 Å². The predicted octanol–water partition coefficient (Wildman–Crippen LogP) is 2.19. The van der Waals surface area contributed by atoms with Crippen LogP contribution < -0.4 is 5.32 Å². The van der Waals surface area contributed by atoms with Gasteiger partial charge in [0.15, 0.2) is 0 Å². The molecule has 1 aromatic carbocycles. The van der Waals surface area contributed by atoms with Gasteiger partial charge in [-0.25, -0.2) is 4.98 Å². The Hall–Kier alpha value is -2.69.